The van der Waals surface area contributed by atoms with Crippen molar-refractivity contribution in [3.63, 3.8) is 0 Å². The predicted molar refractivity (Wildman–Crippen MR) is 78.0 cm³/mol. The van der Waals surface area contributed by atoms with E-state index in [1.165, 1.54) is 5.56 Å². The van der Waals surface area contributed by atoms with Gasteiger partial charge in [-0.15, -0.1) is 0 Å². The van der Waals surface area contributed by atoms with Gasteiger partial charge in [0, 0.05) is 11.8 Å². The van der Waals surface area contributed by atoms with Crippen molar-refractivity contribution < 1.29 is 5.11 Å². The molecule has 3 nitrogen and oxygen atoms in total. The summed E-state index contributed by atoms with van der Waals surface area (Å²) in [4.78, 5) is 4.13. The third-order valence-electron chi connectivity index (χ3n) is 3.65. The lowest BCUT2D eigenvalue weighted by molar-refractivity contribution is 0.103. The number of benzene rings is 1. The molecule has 0 amide bonds. The molecule has 0 aliphatic heterocycles. The molecule has 1 aromatic heterocycles. The highest BCUT2D eigenvalue weighted by molar-refractivity contribution is 5.50. The molecule has 0 aliphatic rings. The number of rotatable bonds is 2. The van der Waals surface area contributed by atoms with Crippen molar-refractivity contribution in [3.05, 3.63) is 58.3 Å². The molecule has 100 valence electrons. The minimum absolute atomic E-state index is 0.369. The SMILES string of the molecule is Cc1cnc(N)c(C(C)(O)c2ccc(C)c(C)c2)c1. The second-order valence-corrected chi connectivity index (χ2v) is 5.32. The minimum atomic E-state index is -1.14. The van der Waals surface area contributed by atoms with Crippen LogP contribution in [0.2, 0.25) is 0 Å². The Hall–Kier alpha value is -1.87. The number of aromatic nitrogens is 1. The molecule has 0 radical (unpaired) electrons. The minimum Gasteiger partial charge on any atom is -0.383 e. The van der Waals surface area contributed by atoms with E-state index in [1.54, 1.807) is 13.1 Å². The summed E-state index contributed by atoms with van der Waals surface area (Å²) >= 11 is 0. The van der Waals surface area contributed by atoms with E-state index < -0.39 is 5.60 Å². The zero-order valence-electron chi connectivity index (χ0n) is 11.9. The average molecular weight is 256 g/mol. The van der Waals surface area contributed by atoms with Crippen molar-refractivity contribution in [1.29, 1.82) is 0 Å². The molecule has 0 fully saturated rings. The number of nitrogen functional groups attached to an aromatic ring is 1. The quantitative estimate of drug-likeness (QED) is 0.868. The lowest BCUT2D eigenvalue weighted by Crippen LogP contribution is -2.25. The number of anilines is 1. The normalized spacial score (nSPS) is 14.2. The Morgan fingerprint density at radius 3 is 2.42 bits per heavy atom. The maximum atomic E-state index is 10.9. The van der Waals surface area contributed by atoms with E-state index >= 15 is 0 Å². The first-order chi connectivity index (χ1) is 8.82. The van der Waals surface area contributed by atoms with Crippen LogP contribution in [0.3, 0.4) is 0 Å². The zero-order chi connectivity index (χ0) is 14.2. The topological polar surface area (TPSA) is 59.1 Å². The van der Waals surface area contributed by atoms with Gasteiger partial charge in [0.1, 0.15) is 11.4 Å². The second-order valence-electron chi connectivity index (χ2n) is 5.32. The summed E-state index contributed by atoms with van der Waals surface area (Å²) < 4.78 is 0. The van der Waals surface area contributed by atoms with Crippen LogP contribution in [0.15, 0.2) is 30.5 Å². The summed E-state index contributed by atoms with van der Waals surface area (Å²) in [5, 5.41) is 10.9. The third kappa shape index (κ3) is 2.47. The van der Waals surface area contributed by atoms with Crippen LogP contribution in [-0.2, 0) is 5.60 Å². The maximum absolute atomic E-state index is 10.9. The monoisotopic (exact) mass is 256 g/mol. The highest BCUT2D eigenvalue weighted by atomic mass is 16.3. The summed E-state index contributed by atoms with van der Waals surface area (Å²) in [6.45, 7) is 7.78. The van der Waals surface area contributed by atoms with E-state index in [2.05, 4.69) is 11.9 Å². The molecule has 1 unspecified atom stereocenters. The summed E-state index contributed by atoms with van der Waals surface area (Å²) in [6.07, 6.45) is 1.70. The van der Waals surface area contributed by atoms with Crippen molar-refractivity contribution >= 4 is 5.82 Å². The summed E-state index contributed by atoms with van der Waals surface area (Å²) in [6, 6.07) is 7.83. The molecule has 1 aromatic carbocycles. The predicted octanol–water partition coefficient (Wildman–Crippen LogP) is 2.84. The first-order valence-electron chi connectivity index (χ1n) is 6.35. The van der Waals surface area contributed by atoms with Crippen LogP contribution in [-0.4, -0.2) is 10.1 Å². The van der Waals surface area contributed by atoms with E-state index in [-0.39, 0.29) is 0 Å². The number of nitrogens with two attached hydrogens (primary N) is 1. The van der Waals surface area contributed by atoms with E-state index in [4.69, 9.17) is 5.73 Å². The molecule has 0 spiro atoms. The lowest BCUT2D eigenvalue weighted by atomic mass is 9.86. The van der Waals surface area contributed by atoms with E-state index in [0.29, 0.717) is 11.4 Å². The van der Waals surface area contributed by atoms with Gasteiger partial charge in [0.25, 0.3) is 0 Å². The van der Waals surface area contributed by atoms with Gasteiger partial charge in [-0.05, 0) is 56.0 Å². The molecule has 2 aromatic rings. The highest BCUT2D eigenvalue weighted by Crippen LogP contribution is 2.33. The fourth-order valence-electron chi connectivity index (χ4n) is 2.17. The summed E-state index contributed by atoms with van der Waals surface area (Å²) in [7, 11) is 0. The van der Waals surface area contributed by atoms with Crippen molar-refractivity contribution in [2.45, 2.75) is 33.3 Å². The van der Waals surface area contributed by atoms with E-state index in [1.807, 2.05) is 38.1 Å². The van der Waals surface area contributed by atoms with Crippen LogP contribution in [0.1, 0.15) is 34.7 Å². The Morgan fingerprint density at radius 2 is 1.79 bits per heavy atom. The van der Waals surface area contributed by atoms with Crippen LogP contribution in [0.4, 0.5) is 5.82 Å². The smallest absolute Gasteiger partial charge is 0.129 e. The van der Waals surface area contributed by atoms with Crippen LogP contribution < -0.4 is 5.73 Å². The Balaban J connectivity index is 2.57. The average Bonchev–Trinajstić information content (AvgIpc) is 2.35. The molecule has 1 heterocycles. The fourth-order valence-corrected chi connectivity index (χ4v) is 2.17. The van der Waals surface area contributed by atoms with Crippen LogP contribution in [0, 0.1) is 20.8 Å². The van der Waals surface area contributed by atoms with Gasteiger partial charge in [0.15, 0.2) is 0 Å². The van der Waals surface area contributed by atoms with Crippen molar-refractivity contribution in [1.82, 2.24) is 4.98 Å². The Labute approximate surface area is 114 Å². The van der Waals surface area contributed by atoms with Gasteiger partial charge in [-0.3, -0.25) is 0 Å². The van der Waals surface area contributed by atoms with Gasteiger partial charge < -0.3 is 10.8 Å². The lowest BCUT2D eigenvalue weighted by Gasteiger charge is -2.26. The van der Waals surface area contributed by atoms with E-state index in [9.17, 15) is 5.11 Å². The number of aliphatic hydroxyl groups is 1. The van der Waals surface area contributed by atoms with Crippen LogP contribution in [0.25, 0.3) is 0 Å². The van der Waals surface area contributed by atoms with Gasteiger partial charge in [-0.1, -0.05) is 18.2 Å². The number of hydrogen-bond acceptors (Lipinski definition) is 3. The summed E-state index contributed by atoms with van der Waals surface area (Å²) in [5.41, 5.74) is 9.58. The first-order valence-corrected chi connectivity index (χ1v) is 6.35. The van der Waals surface area contributed by atoms with Gasteiger partial charge >= 0.3 is 0 Å². The Bertz CT molecular complexity index is 618. The Morgan fingerprint density at radius 1 is 1.11 bits per heavy atom. The molecular formula is C16H20N2O. The largest absolute Gasteiger partial charge is 0.383 e. The molecule has 3 N–H and O–H groups in total. The standard InChI is InChI=1S/C16H20N2O/c1-10-7-14(15(17)18-9-10)16(4,19)13-6-5-11(2)12(3)8-13/h5-9,19H,1-4H3,(H2,17,18). The fraction of sp³-hybridized carbons (Fsp3) is 0.312. The number of aryl methyl sites for hydroxylation is 3. The van der Waals surface area contributed by atoms with Crippen molar-refractivity contribution in [3.8, 4) is 0 Å². The molecule has 0 aliphatic carbocycles. The van der Waals surface area contributed by atoms with Crippen LogP contribution >= 0.6 is 0 Å². The number of nitrogens with zero attached hydrogens (tertiary/aromatic N) is 1. The molecule has 1 atom stereocenters. The van der Waals surface area contributed by atoms with Crippen molar-refractivity contribution in [2.75, 3.05) is 5.73 Å². The summed E-state index contributed by atoms with van der Waals surface area (Å²) in [5.74, 6) is 0.369. The molecule has 3 heteroatoms. The van der Waals surface area contributed by atoms with Gasteiger partial charge in [0.05, 0.1) is 0 Å². The van der Waals surface area contributed by atoms with E-state index in [0.717, 1.165) is 16.7 Å². The van der Waals surface area contributed by atoms with Gasteiger partial charge in [0.2, 0.25) is 0 Å². The molecular weight excluding hydrogens is 236 g/mol. The van der Waals surface area contributed by atoms with Crippen molar-refractivity contribution in [2.24, 2.45) is 0 Å². The second kappa shape index (κ2) is 4.67. The maximum Gasteiger partial charge on any atom is 0.129 e. The Kier molecular flexibility index (Phi) is 3.33. The third-order valence-corrected chi connectivity index (χ3v) is 3.65. The highest BCUT2D eigenvalue weighted by Gasteiger charge is 2.28. The molecule has 2 rings (SSSR count). The first kappa shape index (κ1) is 13.6. The number of hydrogen-bond donors (Lipinski definition) is 2. The number of pyridine rings is 1. The molecule has 0 saturated heterocycles. The van der Waals surface area contributed by atoms with Gasteiger partial charge in [-0.25, -0.2) is 4.98 Å². The zero-order valence-corrected chi connectivity index (χ0v) is 11.9. The van der Waals surface area contributed by atoms with Gasteiger partial charge in [-0.2, -0.15) is 0 Å². The molecule has 19 heavy (non-hydrogen) atoms. The molecule has 0 bridgehead atoms. The molecule has 0 saturated carbocycles. The van der Waals surface area contributed by atoms with Crippen LogP contribution in [0.5, 0.6) is 0 Å².